The van der Waals surface area contributed by atoms with Crippen molar-refractivity contribution in [2.24, 2.45) is 7.05 Å². The molecule has 180 valence electrons. The molecule has 0 aliphatic rings. The first-order valence-corrected chi connectivity index (χ1v) is 11.4. The number of benzene rings is 2. The molecular weight excluding hydrogens is 459 g/mol. The van der Waals surface area contributed by atoms with Gasteiger partial charge in [-0.1, -0.05) is 30.3 Å². The lowest BCUT2D eigenvalue weighted by atomic mass is 9.98. The molecule has 5 rings (SSSR count). The SMILES string of the molecule is CC(C(=O)Nc1cc(-c2[nH]c3ccn(C)c(=O)c3c2-c2ccccc2O)ccn1)c1ccc(F)cc1. The lowest BCUT2D eigenvalue weighted by Crippen LogP contribution is -2.19. The van der Waals surface area contributed by atoms with Gasteiger partial charge in [-0.3, -0.25) is 9.59 Å². The van der Waals surface area contributed by atoms with Crippen molar-refractivity contribution in [3.8, 4) is 28.1 Å². The number of phenolic OH excluding ortho intramolecular Hbond substituents is 1. The fraction of sp³-hybridized carbons (Fsp3) is 0.107. The fourth-order valence-corrected chi connectivity index (χ4v) is 4.26. The molecule has 2 aromatic carbocycles. The second-order valence-electron chi connectivity index (χ2n) is 8.60. The number of aromatic amines is 1. The van der Waals surface area contributed by atoms with E-state index in [4.69, 9.17) is 0 Å². The van der Waals surface area contributed by atoms with E-state index in [1.54, 1.807) is 81.0 Å². The number of carbonyl (C=O) groups is 1. The number of halogens is 1. The fourth-order valence-electron chi connectivity index (χ4n) is 4.26. The van der Waals surface area contributed by atoms with Crippen LogP contribution in [-0.4, -0.2) is 25.5 Å². The highest BCUT2D eigenvalue weighted by atomic mass is 19.1. The Morgan fingerprint density at radius 3 is 2.61 bits per heavy atom. The zero-order valence-corrected chi connectivity index (χ0v) is 19.6. The number of aromatic hydroxyl groups is 1. The highest BCUT2D eigenvalue weighted by Gasteiger charge is 2.21. The summed E-state index contributed by atoms with van der Waals surface area (Å²) in [6.45, 7) is 1.73. The smallest absolute Gasteiger partial charge is 0.260 e. The van der Waals surface area contributed by atoms with Gasteiger partial charge in [0.25, 0.3) is 5.56 Å². The second kappa shape index (κ2) is 9.14. The number of H-pyrrole nitrogens is 1. The van der Waals surface area contributed by atoms with Gasteiger partial charge in [-0.15, -0.1) is 0 Å². The summed E-state index contributed by atoms with van der Waals surface area (Å²) in [4.78, 5) is 33.5. The number of aryl methyl sites for hydroxylation is 1. The largest absolute Gasteiger partial charge is 0.507 e. The molecule has 0 radical (unpaired) electrons. The third-order valence-electron chi connectivity index (χ3n) is 6.26. The number of pyridine rings is 2. The molecule has 0 saturated heterocycles. The Hall–Kier alpha value is -4.72. The molecule has 0 aliphatic carbocycles. The summed E-state index contributed by atoms with van der Waals surface area (Å²) in [5.74, 6) is -0.821. The summed E-state index contributed by atoms with van der Waals surface area (Å²) >= 11 is 0. The Balaban J connectivity index is 1.58. The summed E-state index contributed by atoms with van der Waals surface area (Å²) in [6, 6.07) is 17.9. The topological polar surface area (TPSA) is 100 Å². The predicted octanol–water partition coefficient (Wildman–Crippen LogP) is 5.18. The number of fused-ring (bicyclic) bond motifs is 1. The van der Waals surface area contributed by atoms with Crippen LogP contribution in [-0.2, 0) is 11.8 Å². The predicted molar refractivity (Wildman–Crippen MR) is 137 cm³/mol. The minimum atomic E-state index is -0.524. The molecule has 7 nitrogen and oxygen atoms in total. The lowest BCUT2D eigenvalue weighted by molar-refractivity contribution is -0.117. The number of para-hydroxylation sites is 1. The van der Waals surface area contributed by atoms with Crippen molar-refractivity contribution in [1.82, 2.24) is 14.5 Å². The molecule has 0 bridgehead atoms. The number of hydrogen-bond donors (Lipinski definition) is 3. The molecule has 36 heavy (non-hydrogen) atoms. The van der Waals surface area contributed by atoms with E-state index in [2.05, 4.69) is 15.3 Å². The highest BCUT2D eigenvalue weighted by molar-refractivity contribution is 6.05. The van der Waals surface area contributed by atoms with Gasteiger partial charge in [-0.25, -0.2) is 9.37 Å². The molecule has 3 heterocycles. The first-order valence-electron chi connectivity index (χ1n) is 11.4. The van der Waals surface area contributed by atoms with Crippen LogP contribution in [0.1, 0.15) is 18.4 Å². The molecule has 0 spiro atoms. The average molecular weight is 483 g/mol. The van der Waals surface area contributed by atoms with Gasteiger partial charge < -0.3 is 20.0 Å². The van der Waals surface area contributed by atoms with Crippen LogP contribution in [0, 0.1) is 5.82 Å². The second-order valence-corrected chi connectivity index (χ2v) is 8.60. The van der Waals surface area contributed by atoms with Gasteiger partial charge in [0, 0.05) is 36.1 Å². The van der Waals surface area contributed by atoms with E-state index in [0.29, 0.717) is 44.7 Å². The van der Waals surface area contributed by atoms with Crippen LogP contribution in [0.4, 0.5) is 10.2 Å². The standard InChI is InChI=1S/C28H23FN4O3/c1-16(17-7-9-19(29)10-8-17)27(35)32-23-15-18(11-13-30-23)26-24(20-5-3-4-6-22(20)34)25-21(31-26)12-14-33(2)28(25)36/h3-16,31,34H,1-2H3,(H,30,32,35). The van der Waals surface area contributed by atoms with E-state index in [0.717, 1.165) is 0 Å². The molecule has 3 aromatic heterocycles. The molecule has 1 atom stereocenters. The Kier molecular flexibility index (Phi) is 5.85. The lowest BCUT2D eigenvalue weighted by Gasteiger charge is -2.13. The highest BCUT2D eigenvalue weighted by Crippen LogP contribution is 2.40. The van der Waals surface area contributed by atoms with E-state index in [1.807, 2.05) is 0 Å². The van der Waals surface area contributed by atoms with Crippen LogP contribution in [0.3, 0.4) is 0 Å². The number of rotatable bonds is 5. The van der Waals surface area contributed by atoms with Gasteiger partial charge in [-0.2, -0.15) is 0 Å². The summed E-state index contributed by atoms with van der Waals surface area (Å²) in [5.41, 5.74) is 3.45. The van der Waals surface area contributed by atoms with Crippen LogP contribution in [0.25, 0.3) is 33.3 Å². The van der Waals surface area contributed by atoms with Crippen LogP contribution in [0.15, 0.2) is 83.9 Å². The van der Waals surface area contributed by atoms with Crippen molar-refractivity contribution >= 4 is 22.6 Å². The number of hydrogen-bond acceptors (Lipinski definition) is 4. The van der Waals surface area contributed by atoms with Gasteiger partial charge >= 0.3 is 0 Å². The monoisotopic (exact) mass is 482 g/mol. The van der Waals surface area contributed by atoms with E-state index in [9.17, 15) is 19.1 Å². The van der Waals surface area contributed by atoms with Gasteiger partial charge in [-0.05, 0) is 48.9 Å². The van der Waals surface area contributed by atoms with E-state index in [-0.39, 0.29) is 23.0 Å². The van der Waals surface area contributed by atoms with Crippen molar-refractivity contribution in [1.29, 1.82) is 0 Å². The number of amides is 1. The van der Waals surface area contributed by atoms with Crippen molar-refractivity contribution in [3.05, 3.63) is 101 Å². The summed E-state index contributed by atoms with van der Waals surface area (Å²) in [7, 11) is 1.67. The molecule has 5 aromatic rings. The quantitative estimate of drug-likeness (QED) is 0.321. The van der Waals surface area contributed by atoms with Crippen LogP contribution in [0.2, 0.25) is 0 Å². The first kappa shape index (κ1) is 23.0. The van der Waals surface area contributed by atoms with Crippen molar-refractivity contribution in [2.45, 2.75) is 12.8 Å². The van der Waals surface area contributed by atoms with Gasteiger partial charge in [0.15, 0.2) is 0 Å². The molecule has 0 saturated carbocycles. The summed E-state index contributed by atoms with van der Waals surface area (Å²) < 4.78 is 14.7. The Morgan fingerprint density at radius 1 is 1.11 bits per heavy atom. The molecule has 8 heteroatoms. The Bertz CT molecular complexity index is 1650. The minimum Gasteiger partial charge on any atom is -0.507 e. The summed E-state index contributed by atoms with van der Waals surface area (Å²) in [5, 5.41) is 13.9. The number of nitrogens with zero attached hydrogens (tertiary/aromatic N) is 2. The summed E-state index contributed by atoms with van der Waals surface area (Å²) in [6.07, 6.45) is 3.24. The molecule has 0 aliphatic heterocycles. The third kappa shape index (κ3) is 4.13. The Morgan fingerprint density at radius 2 is 1.86 bits per heavy atom. The van der Waals surface area contributed by atoms with E-state index < -0.39 is 5.92 Å². The molecule has 0 fully saturated rings. The zero-order valence-electron chi connectivity index (χ0n) is 19.6. The number of nitrogens with one attached hydrogen (secondary N) is 2. The van der Waals surface area contributed by atoms with Crippen LogP contribution in [0.5, 0.6) is 5.75 Å². The molecular formula is C28H23FN4O3. The van der Waals surface area contributed by atoms with Crippen molar-refractivity contribution in [2.75, 3.05) is 5.32 Å². The Labute approximate surface area is 205 Å². The maximum Gasteiger partial charge on any atom is 0.260 e. The molecule has 3 N–H and O–H groups in total. The average Bonchev–Trinajstić information content (AvgIpc) is 3.27. The minimum absolute atomic E-state index is 0.0428. The van der Waals surface area contributed by atoms with Gasteiger partial charge in [0.05, 0.1) is 22.5 Å². The normalized spacial score (nSPS) is 12.0. The molecule has 1 amide bonds. The zero-order chi connectivity index (χ0) is 25.4. The van der Waals surface area contributed by atoms with E-state index in [1.165, 1.54) is 16.7 Å². The first-order chi connectivity index (χ1) is 17.3. The van der Waals surface area contributed by atoms with Crippen LogP contribution >= 0.6 is 0 Å². The van der Waals surface area contributed by atoms with Crippen molar-refractivity contribution in [3.63, 3.8) is 0 Å². The number of carbonyl (C=O) groups excluding carboxylic acids is 1. The number of anilines is 1. The van der Waals surface area contributed by atoms with Crippen LogP contribution < -0.4 is 10.9 Å². The maximum atomic E-state index is 13.3. The molecule has 1 unspecified atom stereocenters. The van der Waals surface area contributed by atoms with Gasteiger partial charge in [0.2, 0.25) is 5.91 Å². The third-order valence-corrected chi connectivity index (χ3v) is 6.26. The number of aromatic nitrogens is 3. The maximum absolute atomic E-state index is 13.3. The number of phenols is 1. The van der Waals surface area contributed by atoms with Gasteiger partial charge in [0.1, 0.15) is 17.4 Å². The van der Waals surface area contributed by atoms with E-state index >= 15 is 0 Å². The van der Waals surface area contributed by atoms with Crippen molar-refractivity contribution < 1.29 is 14.3 Å².